The zero-order valence-electron chi connectivity index (χ0n) is 8.72. The lowest BCUT2D eigenvalue weighted by Crippen LogP contribution is -2.15. The van der Waals surface area contributed by atoms with E-state index >= 15 is 0 Å². The molecule has 6 heteroatoms. The van der Waals surface area contributed by atoms with Gasteiger partial charge in [0.15, 0.2) is 0 Å². The van der Waals surface area contributed by atoms with Crippen LogP contribution in [-0.2, 0) is 0 Å². The van der Waals surface area contributed by atoms with Gasteiger partial charge in [-0.25, -0.2) is 9.37 Å². The van der Waals surface area contributed by atoms with E-state index in [1.807, 2.05) is 0 Å². The molecular weight excluding hydrogens is 223 g/mol. The van der Waals surface area contributed by atoms with Crippen LogP contribution in [0.5, 0.6) is 0 Å². The van der Waals surface area contributed by atoms with E-state index in [1.54, 1.807) is 12.1 Å². The smallest absolute Gasteiger partial charge is 0.259 e. The summed E-state index contributed by atoms with van der Waals surface area (Å²) in [6.07, 6.45) is 4.02. The third kappa shape index (κ3) is 2.54. The van der Waals surface area contributed by atoms with Gasteiger partial charge in [-0.15, -0.1) is 0 Å². The summed E-state index contributed by atoms with van der Waals surface area (Å²) in [5, 5.41) is 2.56. The van der Waals surface area contributed by atoms with Crippen molar-refractivity contribution < 1.29 is 9.18 Å². The van der Waals surface area contributed by atoms with Crippen LogP contribution in [0.4, 0.5) is 15.9 Å². The van der Waals surface area contributed by atoms with Crippen LogP contribution in [0.2, 0.25) is 0 Å². The first-order valence-corrected chi connectivity index (χ1v) is 4.79. The van der Waals surface area contributed by atoms with E-state index in [-0.39, 0.29) is 11.4 Å². The molecule has 0 atom stereocenters. The topological polar surface area (TPSA) is 80.9 Å². The molecule has 86 valence electrons. The molecule has 0 aromatic carbocycles. The van der Waals surface area contributed by atoms with Gasteiger partial charge in [-0.3, -0.25) is 9.78 Å². The summed E-state index contributed by atoms with van der Waals surface area (Å²) >= 11 is 0. The van der Waals surface area contributed by atoms with Crippen molar-refractivity contribution in [1.82, 2.24) is 9.97 Å². The molecule has 0 saturated carbocycles. The van der Waals surface area contributed by atoms with Crippen molar-refractivity contribution in [3.05, 3.63) is 48.2 Å². The fraction of sp³-hybridized carbons (Fsp3) is 0. The molecule has 1 amide bonds. The van der Waals surface area contributed by atoms with E-state index in [0.717, 1.165) is 12.3 Å². The van der Waals surface area contributed by atoms with Gasteiger partial charge in [0.05, 0.1) is 11.8 Å². The Kier molecular flexibility index (Phi) is 2.95. The second-order valence-corrected chi connectivity index (χ2v) is 3.28. The zero-order valence-corrected chi connectivity index (χ0v) is 8.72. The Bertz CT molecular complexity index is 544. The molecule has 0 aliphatic carbocycles. The van der Waals surface area contributed by atoms with Crippen molar-refractivity contribution in [2.75, 3.05) is 11.1 Å². The quantitative estimate of drug-likeness (QED) is 0.821. The van der Waals surface area contributed by atoms with Gasteiger partial charge in [0.2, 0.25) is 0 Å². The van der Waals surface area contributed by atoms with Crippen molar-refractivity contribution in [3.8, 4) is 0 Å². The number of pyridine rings is 2. The minimum atomic E-state index is -0.612. The molecule has 0 spiro atoms. The highest BCUT2D eigenvalue weighted by atomic mass is 19.1. The van der Waals surface area contributed by atoms with Gasteiger partial charge in [0.25, 0.3) is 5.91 Å². The summed E-state index contributed by atoms with van der Waals surface area (Å²) in [5.41, 5.74) is 6.04. The summed E-state index contributed by atoms with van der Waals surface area (Å²) in [6.45, 7) is 0. The van der Waals surface area contributed by atoms with Crippen molar-refractivity contribution in [3.63, 3.8) is 0 Å². The minimum Gasteiger partial charge on any atom is -0.383 e. The molecule has 0 aliphatic rings. The molecule has 2 aromatic rings. The Labute approximate surface area is 96.5 Å². The summed E-state index contributed by atoms with van der Waals surface area (Å²) in [6, 6.07) is 4.26. The monoisotopic (exact) mass is 232 g/mol. The Balaban J connectivity index is 2.23. The molecule has 0 fully saturated rings. The maximum absolute atomic E-state index is 12.9. The molecule has 0 unspecified atom stereocenters. The lowest BCUT2D eigenvalue weighted by molar-refractivity contribution is 0.102. The minimum absolute atomic E-state index is 0.00168. The number of nitrogens with one attached hydrogen (secondary N) is 1. The van der Waals surface area contributed by atoms with Gasteiger partial charge in [-0.05, 0) is 18.2 Å². The Morgan fingerprint density at radius 2 is 2.06 bits per heavy atom. The van der Waals surface area contributed by atoms with Crippen LogP contribution in [0.1, 0.15) is 10.4 Å². The van der Waals surface area contributed by atoms with Gasteiger partial charge in [-0.1, -0.05) is 0 Å². The van der Waals surface area contributed by atoms with Crippen molar-refractivity contribution in [2.24, 2.45) is 0 Å². The van der Waals surface area contributed by atoms with Crippen LogP contribution in [0.15, 0.2) is 36.8 Å². The third-order valence-corrected chi connectivity index (χ3v) is 2.07. The summed E-state index contributed by atoms with van der Waals surface area (Å²) < 4.78 is 12.9. The Hall–Kier alpha value is -2.50. The molecule has 3 N–H and O–H groups in total. The molecule has 0 radical (unpaired) electrons. The summed E-state index contributed by atoms with van der Waals surface area (Å²) in [7, 11) is 0. The van der Waals surface area contributed by atoms with Crippen LogP contribution in [0.25, 0.3) is 0 Å². The average Bonchev–Trinajstić information content (AvgIpc) is 2.33. The Morgan fingerprint density at radius 3 is 2.76 bits per heavy atom. The average molecular weight is 232 g/mol. The van der Waals surface area contributed by atoms with Crippen LogP contribution in [-0.4, -0.2) is 15.9 Å². The first-order valence-electron chi connectivity index (χ1n) is 4.79. The van der Waals surface area contributed by atoms with Crippen LogP contribution in [0.3, 0.4) is 0 Å². The highest BCUT2D eigenvalue weighted by molar-refractivity contribution is 6.07. The molecule has 2 heterocycles. The first-order chi connectivity index (χ1) is 8.16. The Morgan fingerprint density at radius 1 is 1.35 bits per heavy atom. The molecule has 2 rings (SSSR count). The van der Waals surface area contributed by atoms with Crippen molar-refractivity contribution in [1.29, 1.82) is 0 Å². The largest absolute Gasteiger partial charge is 0.383 e. The highest BCUT2D eigenvalue weighted by Gasteiger charge is 2.12. The van der Waals surface area contributed by atoms with Crippen LogP contribution < -0.4 is 11.1 Å². The fourth-order valence-corrected chi connectivity index (χ4v) is 1.27. The number of hydrogen-bond acceptors (Lipinski definition) is 4. The number of hydrogen-bond donors (Lipinski definition) is 2. The molecule has 17 heavy (non-hydrogen) atoms. The molecule has 5 nitrogen and oxygen atoms in total. The maximum Gasteiger partial charge on any atom is 0.259 e. The van der Waals surface area contributed by atoms with Crippen LogP contribution >= 0.6 is 0 Å². The number of rotatable bonds is 2. The molecule has 0 bridgehead atoms. The van der Waals surface area contributed by atoms with Crippen molar-refractivity contribution in [2.45, 2.75) is 0 Å². The lowest BCUT2D eigenvalue weighted by Gasteiger charge is -2.06. The number of carbonyl (C=O) groups is 1. The predicted molar refractivity (Wildman–Crippen MR) is 60.8 cm³/mol. The van der Waals surface area contributed by atoms with E-state index in [9.17, 15) is 9.18 Å². The van der Waals surface area contributed by atoms with Gasteiger partial charge >= 0.3 is 0 Å². The normalized spacial score (nSPS) is 9.94. The van der Waals surface area contributed by atoms with E-state index < -0.39 is 11.7 Å². The van der Waals surface area contributed by atoms with Gasteiger partial charge in [0.1, 0.15) is 11.6 Å². The number of nitrogens with two attached hydrogens (primary N) is 1. The predicted octanol–water partition coefficient (Wildman–Crippen LogP) is 1.45. The highest BCUT2D eigenvalue weighted by Crippen LogP contribution is 2.13. The molecule has 0 saturated heterocycles. The second kappa shape index (κ2) is 4.56. The van der Waals surface area contributed by atoms with E-state index in [1.165, 1.54) is 12.4 Å². The zero-order chi connectivity index (χ0) is 12.3. The van der Waals surface area contributed by atoms with Crippen molar-refractivity contribution >= 4 is 17.4 Å². The number of halogens is 1. The molecule has 0 aliphatic heterocycles. The third-order valence-electron chi connectivity index (χ3n) is 2.07. The summed E-state index contributed by atoms with van der Waals surface area (Å²) in [5.74, 6) is -1.14. The number of carbonyl (C=O) groups excluding carboxylic acids is 1. The standard InChI is InChI=1S/C11H9FN4O/c12-7-5-9(10(13)15-6-7)11(17)16-8-1-3-14-4-2-8/h1-6H,(H2,13,15)(H,14,16,17). The van der Waals surface area contributed by atoms with E-state index in [2.05, 4.69) is 15.3 Å². The second-order valence-electron chi connectivity index (χ2n) is 3.28. The maximum atomic E-state index is 12.9. The van der Waals surface area contributed by atoms with Crippen LogP contribution in [0, 0.1) is 5.82 Å². The van der Waals surface area contributed by atoms with E-state index in [0.29, 0.717) is 5.69 Å². The van der Waals surface area contributed by atoms with Gasteiger partial charge < -0.3 is 11.1 Å². The first kappa shape index (κ1) is 11.0. The van der Waals surface area contributed by atoms with Gasteiger partial charge in [-0.2, -0.15) is 0 Å². The number of amides is 1. The summed E-state index contributed by atoms with van der Waals surface area (Å²) in [4.78, 5) is 19.1. The number of nitrogen functional groups attached to an aromatic ring is 1. The molecule has 2 aromatic heterocycles. The van der Waals surface area contributed by atoms with E-state index in [4.69, 9.17) is 5.73 Å². The number of nitrogens with zero attached hydrogens (tertiary/aromatic N) is 2. The number of aromatic nitrogens is 2. The SMILES string of the molecule is Nc1ncc(F)cc1C(=O)Nc1ccncc1. The van der Waals surface area contributed by atoms with Gasteiger partial charge in [0, 0.05) is 18.1 Å². The lowest BCUT2D eigenvalue weighted by atomic mass is 10.2. The molecular formula is C11H9FN4O. The number of anilines is 2. The fourth-order valence-electron chi connectivity index (χ4n) is 1.27.